The average molecular weight is 340 g/mol. The van der Waals surface area contributed by atoms with E-state index in [2.05, 4.69) is 31.4 Å². The standard InChI is InChI=1S/C15H16N8S/c1-23(8-4-6-11-10(9-16)13(17)20-19-11)15-22-21-14(24-15)12-5-2-3-7-18-12/h2-3,5,7H,4,6,8H2,1H3,(H3,17,19,20). The molecule has 0 fully saturated rings. The third-order valence-corrected chi connectivity index (χ3v) is 4.59. The molecule has 24 heavy (non-hydrogen) atoms. The molecule has 122 valence electrons. The summed E-state index contributed by atoms with van der Waals surface area (Å²) in [5.41, 5.74) is 7.66. The second kappa shape index (κ2) is 7.06. The number of pyridine rings is 1. The Morgan fingerprint density at radius 2 is 2.25 bits per heavy atom. The SMILES string of the molecule is CN(CCCc1[nH]nc(N)c1C#N)c1nnc(-c2ccccn2)s1. The van der Waals surface area contributed by atoms with Gasteiger partial charge in [0.1, 0.15) is 17.3 Å². The van der Waals surface area contributed by atoms with Gasteiger partial charge in [0, 0.05) is 19.8 Å². The third-order valence-electron chi connectivity index (χ3n) is 3.53. The van der Waals surface area contributed by atoms with Crippen molar-refractivity contribution in [2.75, 3.05) is 24.2 Å². The number of aryl methyl sites for hydroxylation is 1. The lowest BCUT2D eigenvalue weighted by Gasteiger charge is -2.14. The van der Waals surface area contributed by atoms with Gasteiger partial charge in [-0.2, -0.15) is 10.4 Å². The van der Waals surface area contributed by atoms with Gasteiger partial charge < -0.3 is 10.6 Å². The lowest BCUT2D eigenvalue weighted by Crippen LogP contribution is -2.19. The van der Waals surface area contributed by atoms with E-state index < -0.39 is 0 Å². The Kier molecular flexibility index (Phi) is 4.67. The molecule has 0 unspecified atom stereocenters. The number of nitrogens with zero attached hydrogens (tertiary/aromatic N) is 6. The van der Waals surface area contributed by atoms with Crippen LogP contribution >= 0.6 is 11.3 Å². The van der Waals surface area contributed by atoms with Crippen molar-refractivity contribution in [3.8, 4) is 16.8 Å². The van der Waals surface area contributed by atoms with Crippen molar-refractivity contribution in [3.05, 3.63) is 35.7 Å². The normalized spacial score (nSPS) is 10.5. The molecule has 0 bridgehead atoms. The smallest absolute Gasteiger partial charge is 0.208 e. The molecule has 0 aliphatic rings. The van der Waals surface area contributed by atoms with Crippen LogP contribution in [0.4, 0.5) is 10.9 Å². The second-order valence-corrected chi connectivity index (χ2v) is 6.16. The summed E-state index contributed by atoms with van der Waals surface area (Å²) >= 11 is 1.50. The number of nitrogens with one attached hydrogen (secondary N) is 1. The zero-order chi connectivity index (χ0) is 16.9. The first-order chi connectivity index (χ1) is 11.7. The number of nitrogens with two attached hydrogens (primary N) is 1. The van der Waals surface area contributed by atoms with E-state index in [1.165, 1.54) is 11.3 Å². The molecule has 0 saturated heterocycles. The van der Waals surface area contributed by atoms with E-state index >= 15 is 0 Å². The van der Waals surface area contributed by atoms with Crippen LogP contribution in [-0.4, -0.2) is 39.0 Å². The average Bonchev–Trinajstić information content (AvgIpc) is 3.23. The quantitative estimate of drug-likeness (QED) is 0.702. The van der Waals surface area contributed by atoms with E-state index in [1.54, 1.807) is 6.20 Å². The molecule has 0 atom stereocenters. The van der Waals surface area contributed by atoms with Gasteiger partial charge in [-0.15, -0.1) is 10.2 Å². The van der Waals surface area contributed by atoms with Gasteiger partial charge in [0.05, 0.1) is 5.69 Å². The molecular formula is C15H16N8S. The van der Waals surface area contributed by atoms with Crippen LogP contribution in [0, 0.1) is 11.3 Å². The molecule has 3 aromatic rings. The highest BCUT2D eigenvalue weighted by atomic mass is 32.1. The van der Waals surface area contributed by atoms with Crippen LogP contribution in [0.1, 0.15) is 17.7 Å². The summed E-state index contributed by atoms with van der Waals surface area (Å²) in [7, 11) is 1.97. The van der Waals surface area contributed by atoms with Crippen molar-refractivity contribution in [1.29, 1.82) is 5.26 Å². The second-order valence-electron chi connectivity index (χ2n) is 5.20. The van der Waals surface area contributed by atoms with Crippen LogP contribution in [-0.2, 0) is 6.42 Å². The first kappa shape index (κ1) is 15.9. The molecular weight excluding hydrogens is 324 g/mol. The minimum absolute atomic E-state index is 0.255. The number of anilines is 2. The fourth-order valence-electron chi connectivity index (χ4n) is 2.25. The lowest BCUT2D eigenvalue weighted by molar-refractivity contribution is 0.761. The molecule has 0 aliphatic carbocycles. The number of rotatable bonds is 6. The van der Waals surface area contributed by atoms with Gasteiger partial charge in [-0.05, 0) is 25.0 Å². The number of hydrogen-bond donors (Lipinski definition) is 2. The number of H-pyrrole nitrogens is 1. The summed E-state index contributed by atoms with van der Waals surface area (Å²) in [6, 6.07) is 7.79. The van der Waals surface area contributed by atoms with Gasteiger partial charge in [0.2, 0.25) is 5.13 Å². The summed E-state index contributed by atoms with van der Waals surface area (Å²) in [6.45, 7) is 0.778. The number of aromatic amines is 1. The third kappa shape index (κ3) is 3.33. The number of aromatic nitrogens is 5. The summed E-state index contributed by atoms with van der Waals surface area (Å²) in [5.74, 6) is 0.255. The van der Waals surface area contributed by atoms with Crippen molar-refractivity contribution in [2.24, 2.45) is 0 Å². The Morgan fingerprint density at radius 1 is 1.38 bits per heavy atom. The number of nitriles is 1. The zero-order valence-corrected chi connectivity index (χ0v) is 13.9. The van der Waals surface area contributed by atoms with Crippen LogP contribution < -0.4 is 10.6 Å². The Bertz CT molecular complexity index is 848. The van der Waals surface area contributed by atoms with E-state index in [4.69, 9.17) is 11.0 Å². The molecule has 8 nitrogen and oxygen atoms in total. The van der Waals surface area contributed by atoms with Gasteiger partial charge in [-0.3, -0.25) is 10.1 Å². The van der Waals surface area contributed by atoms with E-state index in [-0.39, 0.29) is 5.82 Å². The predicted octanol–water partition coefficient (Wildman–Crippen LogP) is 1.85. The van der Waals surface area contributed by atoms with Crippen LogP contribution in [0.3, 0.4) is 0 Å². The molecule has 0 aromatic carbocycles. The highest BCUT2D eigenvalue weighted by molar-refractivity contribution is 7.18. The highest BCUT2D eigenvalue weighted by Gasteiger charge is 2.13. The van der Waals surface area contributed by atoms with Crippen LogP contribution in [0.15, 0.2) is 24.4 Å². The maximum Gasteiger partial charge on any atom is 0.208 e. The molecule has 0 saturated carbocycles. The molecule has 9 heteroatoms. The van der Waals surface area contributed by atoms with E-state index in [0.29, 0.717) is 12.0 Å². The topological polar surface area (TPSA) is 120 Å². The monoisotopic (exact) mass is 340 g/mol. The first-order valence-electron chi connectivity index (χ1n) is 7.38. The van der Waals surface area contributed by atoms with Crippen molar-refractivity contribution in [2.45, 2.75) is 12.8 Å². The summed E-state index contributed by atoms with van der Waals surface area (Å²) in [6.07, 6.45) is 3.28. The van der Waals surface area contributed by atoms with Crippen LogP contribution in [0.25, 0.3) is 10.7 Å². The van der Waals surface area contributed by atoms with Gasteiger partial charge >= 0.3 is 0 Å². The Balaban J connectivity index is 1.59. The minimum Gasteiger partial charge on any atom is -0.381 e. The maximum atomic E-state index is 9.06. The van der Waals surface area contributed by atoms with E-state index in [9.17, 15) is 0 Å². The van der Waals surface area contributed by atoms with Gasteiger partial charge in [0.25, 0.3) is 0 Å². The van der Waals surface area contributed by atoms with Crippen LogP contribution in [0.2, 0.25) is 0 Å². The zero-order valence-electron chi connectivity index (χ0n) is 13.1. The van der Waals surface area contributed by atoms with Crippen LogP contribution in [0.5, 0.6) is 0 Å². The molecule has 3 aromatic heterocycles. The number of hydrogen-bond acceptors (Lipinski definition) is 8. The van der Waals surface area contributed by atoms with E-state index in [0.717, 1.165) is 34.5 Å². The van der Waals surface area contributed by atoms with Gasteiger partial charge in [-0.25, -0.2) is 0 Å². The van der Waals surface area contributed by atoms with E-state index in [1.807, 2.05) is 30.1 Å². The maximum absolute atomic E-state index is 9.06. The minimum atomic E-state index is 0.255. The Hall–Kier alpha value is -2.99. The highest BCUT2D eigenvalue weighted by Crippen LogP contribution is 2.26. The molecule has 3 N–H and O–H groups in total. The molecule has 0 spiro atoms. The molecule has 3 rings (SSSR count). The van der Waals surface area contributed by atoms with Crippen molar-refractivity contribution in [3.63, 3.8) is 0 Å². The molecule has 0 radical (unpaired) electrons. The fraction of sp³-hybridized carbons (Fsp3) is 0.267. The Labute approximate surface area is 143 Å². The lowest BCUT2D eigenvalue weighted by atomic mass is 10.1. The summed E-state index contributed by atoms with van der Waals surface area (Å²) in [5, 5.41) is 25.8. The number of nitrogen functional groups attached to an aromatic ring is 1. The van der Waals surface area contributed by atoms with Gasteiger partial charge in [-0.1, -0.05) is 17.4 Å². The molecule has 3 heterocycles. The molecule has 0 aliphatic heterocycles. The van der Waals surface area contributed by atoms with Crippen molar-refractivity contribution >= 4 is 22.3 Å². The fourth-order valence-corrected chi connectivity index (χ4v) is 3.06. The largest absolute Gasteiger partial charge is 0.381 e. The summed E-state index contributed by atoms with van der Waals surface area (Å²) in [4.78, 5) is 6.32. The predicted molar refractivity (Wildman–Crippen MR) is 92.4 cm³/mol. The Morgan fingerprint density at radius 3 is 3.00 bits per heavy atom. The first-order valence-corrected chi connectivity index (χ1v) is 8.19. The van der Waals surface area contributed by atoms with Crippen molar-refractivity contribution in [1.82, 2.24) is 25.4 Å². The van der Waals surface area contributed by atoms with Crippen molar-refractivity contribution < 1.29 is 0 Å². The molecule has 0 amide bonds. The van der Waals surface area contributed by atoms with Gasteiger partial charge in [0.15, 0.2) is 10.8 Å². The summed E-state index contributed by atoms with van der Waals surface area (Å²) < 4.78 is 0.